The molecule has 128 valence electrons. The average Bonchev–Trinajstić information content (AvgIpc) is 2.43. The number of aliphatic imine (C=N–C) groups is 1. The number of ether oxygens (including phenoxy) is 1. The molecule has 1 aliphatic rings. The Morgan fingerprint density at radius 2 is 1.95 bits per heavy atom. The van der Waals surface area contributed by atoms with E-state index in [4.69, 9.17) is 4.74 Å². The van der Waals surface area contributed by atoms with Crippen LogP contribution in [0.3, 0.4) is 0 Å². The number of guanidine groups is 1. The van der Waals surface area contributed by atoms with Gasteiger partial charge in [-0.3, -0.25) is 4.99 Å². The van der Waals surface area contributed by atoms with E-state index in [-0.39, 0.29) is 6.09 Å². The van der Waals surface area contributed by atoms with Gasteiger partial charge >= 0.3 is 6.09 Å². The lowest BCUT2D eigenvalue weighted by Gasteiger charge is -2.33. The molecule has 6 nitrogen and oxygen atoms in total. The van der Waals surface area contributed by atoms with Crippen LogP contribution >= 0.6 is 0 Å². The molecule has 0 saturated carbocycles. The van der Waals surface area contributed by atoms with Gasteiger partial charge in [0.2, 0.25) is 0 Å². The molecule has 0 aromatic rings. The number of amides is 1. The fraction of sp³-hybridized carbons (Fsp3) is 0.875. The van der Waals surface area contributed by atoms with Gasteiger partial charge in [-0.25, -0.2) is 4.79 Å². The smallest absolute Gasteiger partial charge is 0.410 e. The van der Waals surface area contributed by atoms with Crippen molar-refractivity contribution in [2.24, 2.45) is 10.9 Å². The Labute approximate surface area is 134 Å². The predicted molar refractivity (Wildman–Crippen MR) is 90.2 cm³/mol. The summed E-state index contributed by atoms with van der Waals surface area (Å²) in [5, 5.41) is 3.33. The van der Waals surface area contributed by atoms with Gasteiger partial charge in [0.25, 0.3) is 0 Å². The second kappa shape index (κ2) is 8.25. The molecular weight excluding hydrogens is 280 g/mol. The molecule has 1 saturated heterocycles. The van der Waals surface area contributed by atoms with Gasteiger partial charge in [0.05, 0.1) is 0 Å². The first-order valence-corrected chi connectivity index (χ1v) is 8.12. The molecule has 0 spiro atoms. The average molecular weight is 312 g/mol. The molecular formula is C16H32N4O2. The normalized spacial score (nSPS) is 17.4. The number of hydrogen-bond acceptors (Lipinski definition) is 3. The molecule has 1 N–H and O–H groups in total. The van der Waals surface area contributed by atoms with Gasteiger partial charge in [-0.05, 0) is 39.5 Å². The van der Waals surface area contributed by atoms with E-state index in [1.54, 1.807) is 19.0 Å². The Balaban J connectivity index is 2.34. The summed E-state index contributed by atoms with van der Waals surface area (Å²) in [4.78, 5) is 20.1. The maximum absolute atomic E-state index is 11.9. The molecule has 22 heavy (non-hydrogen) atoms. The van der Waals surface area contributed by atoms with E-state index >= 15 is 0 Å². The summed E-state index contributed by atoms with van der Waals surface area (Å²) in [6.45, 7) is 11.2. The largest absolute Gasteiger partial charge is 0.444 e. The summed E-state index contributed by atoms with van der Waals surface area (Å²) in [5.74, 6) is 1.72. The molecule has 0 aliphatic carbocycles. The first kappa shape index (κ1) is 18.6. The van der Waals surface area contributed by atoms with Crippen LogP contribution < -0.4 is 5.32 Å². The van der Waals surface area contributed by atoms with Crippen molar-refractivity contribution in [1.82, 2.24) is 15.1 Å². The molecule has 0 atom stereocenters. The predicted octanol–water partition coefficient (Wildman–Crippen LogP) is 2.16. The molecule has 1 aliphatic heterocycles. The molecule has 0 unspecified atom stereocenters. The maximum atomic E-state index is 11.9. The highest BCUT2D eigenvalue weighted by molar-refractivity contribution is 5.80. The minimum absolute atomic E-state index is 0.295. The SMILES string of the molecule is CN=C(NCCN(C)C(=O)OC(C)(C)C)N1CCC(C)CC1. The summed E-state index contributed by atoms with van der Waals surface area (Å²) in [6, 6.07) is 0. The Morgan fingerprint density at radius 3 is 2.45 bits per heavy atom. The molecule has 1 amide bonds. The van der Waals surface area contributed by atoms with E-state index in [0.717, 1.165) is 25.0 Å². The van der Waals surface area contributed by atoms with Crippen molar-refractivity contribution in [3.63, 3.8) is 0 Å². The summed E-state index contributed by atoms with van der Waals surface area (Å²) in [7, 11) is 3.55. The number of piperidine rings is 1. The summed E-state index contributed by atoms with van der Waals surface area (Å²) in [6.07, 6.45) is 2.12. The van der Waals surface area contributed by atoms with Crippen molar-refractivity contribution in [2.75, 3.05) is 40.3 Å². The van der Waals surface area contributed by atoms with Crippen LogP contribution in [0.4, 0.5) is 4.79 Å². The lowest BCUT2D eigenvalue weighted by Crippen LogP contribution is -2.47. The first-order chi connectivity index (χ1) is 10.2. The molecule has 1 heterocycles. The maximum Gasteiger partial charge on any atom is 0.410 e. The zero-order chi connectivity index (χ0) is 16.8. The third-order valence-corrected chi connectivity index (χ3v) is 3.73. The molecule has 1 rings (SSSR count). The Morgan fingerprint density at radius 1 is 1.36 bits per heavy atom. The number of carbonyl (C=O) groups is 1. The van der Waals surface area contributed by atoms with Crippen molar-refractivity contribution in [2.45, 2.75) is 46.1 Å². The highest BCUT2D eigenvalue weighted by Crippen LogP contribution is 2.15. The van der Waals surface area contributed by atoms with Crippen LogP contribution in [0, 0.1) is 5.92 Å². The number of likely N-dealkylation sites (tertiary alicyclic amines) is 1. The standard InChI is InChI=1S/C16H32N4O2/c1-13-7-10-20(11-8-13)14(17-5)18-9-12-19(6)15(21)22-16(2,3)4/h13H,7-12H2,1-6H3,(H,17,18). The Hall–Kier alpha value is -1.46. The van der Waals surface area contributed by atoms with E-state index in [9.17, 15) is 4.79 Å². The van der Waals surface area contributed by atoms with Gasteiger partial charge in [-0.15, -0.1) is 0 Å². The highest BCUT2D eigenvalue weighted by atomic mass is 16.6. The molecule has 0 bridgehead atoms. The van der Waals surface area contributed by atoms with Crippen molar-refractivity contribution in [3.05, 3.63) is 0 Å². The van der Waals surface area contributed by atoms with E-state index in [2.05, 4.69) is 22.1 Å². The quantitative estimate of drug-likeness (QED) is 0.641. The lowest BCUT2D eigenvalue weighted by molar-refractivity contribution is 0.0302. The van der Waals surface area contributed by atoms with Crippen molar-refractivity contribution in [3.8, 4) is 0 Å². The van der Waals surface area contributed by atoms with Crippen molar-refractivity contribution in [1.29, 1.82) is 0 Å². The Kier molecular flexibility index (Phi) is 6.97. The molecule has 1 fully saturated rings. The third-order valence-electron chi connectivity index (χ3n) is 3.73. The van der Waals surface area contributed by atoms with Crippen LogP contribution in [0.2, 0.25) is 0 Å². The molecule has 6 heteroatoms. The molecule has 0 aromatic heterocycles. The summed E-state index contributed by atoms with van der Waals surface area (Å²) < 4.78 is 5.33. The van der Waals surface area contributed by atoms with E-state index in [0.29, 0.717) is 13.1 Å². The van der Waals surface area contributed by atoms with Crippen LogP contribution in [-0.4, -0.2) is 67.7 Å². The summed E-state index contributed by atoms with van der Waals surface area (Å²) >= 11 is 0. The van der Waals surface area contributed by atoms with Crippen LogP contribution in [0.15, 0.2) is 4.99 Å². The number of likely N-dealkylation sites (N-methyl/N-ethyl adjacent to an activating group) is 1. The van der Waals surface area contributed by atoms with Gasteiger partial charge in [0, 0.05) is 40.3 Å². The van der Waals surface area contributed by atoms with Crippen LogP contribution in [0.1, 0.15) is 40.5 Å². The van der Waals surface area contributed by atoms with Gasteiger partial charge in [-0.2, -0.15) is 0 Å². The zero-order valence-corrected chi connectivity index (χ0v) is 15.0. The lowest BCUT2D eigenvalue weighted by atomic mass is 10.00. The van der Waals surface area contributed by atoms with E-state index in [1.165, 1.54) is 12.8 Å². The molecule has 0 aromatic carbocycles. The van der Waals surface area contributed by atoms with Crippen LogP contribution in [0.5, 0.6) is 0 Å². The second-order valence-corrected chi connectivity index (χ2v) is 7.05. The van der Waals surface area contributed by atoms with Gasteiger partial charge in [0.15, 0.2) is 5.96 Å². The van der Waals surface area contributed by atoms with E-state index in [1.807, 2.05) is 20.8 Å². The minimum Gasteiger partial charge on any atom is -0.444 e. The second-order valence-electron chi connectivity index (χ2n) is 7.05. The first-order valence-electron chi connectivity index (χ1n) is 8.12. The van der Waals surface area contributed by atoms with Gasteiger partial charge < -0.3 is 19.9 Å². The Bertz CT molecular complexity index is 382. The van der Waals surface area contributed by atoms with Crippen LogP contribution in [-0.2, 0) is 4.74 Å². The van der Waals surface area contributed by atoms with Gasteiger partial charge in [0.1, 0.15) is 5.60 Å². The van der Waals surface area contributed by atoms with Crippen molar-refractivity contribution < 1.29 is 9.53 Å². The number of nitrogens with zero attached hydrogens (tertiary/aromatic N) is 3. The third kappa shape index (κ3) is 6.54. The monoisotopic (exact) mass is 312 g/mol. The number of nitrogens with one attached hydrogen (secondary N) is 1. The number of carbonyl (C=O) groups excluding carboxylic acids is 1. The number of hydrogen-bond donors (Lipinski definition) is 1. The van der Waals surface area contributed by atoms with Gasteiger partial charge in [-0.1, -0.05) is 6.92 Å². The number of rotatable bonds is 3. The zero-order valence-electron chi connectivity index (χ0n) is 15.0. The fourth-order valence-corrected chi connectivity index (χ4v) is 2.32. The van der Waals surface area contributed by atoms with Crippen LogP contribution in [0.25, 0.3) is 0 Å². The molecule has 0 radical (unpaired) electrons. The minimum atomic E-state index is -0.459. The summed E-state index contributed by atoms with van der Waals surface area (Å²) in [5.41, 5.74) is -0.459. The fourth-order valence-electron chi connectivity index (χ4n) is 2.32. The van der Waals surface area contributed by atoms with E-state index < -0.39 is 5.60 Å². The topological polar surface area (TPSA) is 57.2 Å². The highest BCUT2D eigenvalue weighted by Gasteiger charge is 2.20. The van der Waals surface area contributed by atoms with Crippen molar-refractivity contribution >= 4 is 12.1 Å².